The van der Waals surface area contributed by atoms with Crippen molar-refractivity contribution in [1.29, 1.82) is 0 Å². The van der Waals surface area contributed by atoms with E-state index in [9.17, 15) is 4.79 Å². The molecule has 1 rings (SSSR count). The molecule has 1 aromatic heterocycles. The summed E-state index contributed by atoms with van der Waals surface area (Å²) >= 11 is 1.70. The quantitative estimate of drug-likeness (QED) is 0.758. The van der Waals surface area contributed by atoms with Gasteiger partial charge in [0.05, 0.1) is 6.42 Å². The molecule has 0 N–H and O–H groups in total. The van der Waals surface area contributed by atoms with Gasteiger partial charge in [-0.05, 0) is 50.2 Å². The summed E-state index contributed by atoms with van der Waals surface area (Å²) in [4.78, 5) is 13.6. The zero-order chi connectivity index (χ0) is 12.9. The number of esters is 1. The van der Waals surface area contributed by atoms with Gasteiger partial charge in [0.15, 0.2) is 0 Å². The lowest BCUT2D eigenvalue weighted by Gasteiger charge is -2.21. The van der Waals surface area contributed by atoms with Crippen LogP contribution in [0.1, 0.15) is 32.8 Å². The fourth-order valence-electron chi connectivity index (χ4n) is 1.45. The molecule has 0 spiro atoms. The standard InChI is InChI=1S/C13H21NO2S/c1-13(2,3)16-12(15)5-7-14(4)9-11-6-8-17-10-11/h6,8,10H,5,7,9H2,1-4H3. The lowest BCUT2D eigenvalue weighted by molar-refractivity contribution is -0.155. The summed E-state index contributed by atoms with van der Waals surface area (Å²) in [7, 11) is 2.02. The maximum absolute atomic E-state index is 11.5. The summed E-state index contributed by atoms with van der Waals surface area (Å²) < 4.78 is 5.26. The fourth-order valence-corrected chi connectivity index (χ4v) is 2.11. The highest BCUT2D eigenvalue weighted by atomic mass is 32.1. The number of carbonyl (C=O) groups is 1. The Bertz CT molecular complexity index is 341. The molecule has 0 unspecified atom stereocenters. The van der Waals surface area contributed by atoms with Crippen molar-refractivity contribution in [2.24, 2.45) is 0 Å². The zero-order valence-corrected chi connectivity index (χ0v) is 11.8. The lowest BCUT2D eigenvalue weighted by atomic mass is 10.2. The van der Waals surface area contributed by atoms with Crippen molar-refractivity contribution < 1.29 is 9.53 Å². The van der Waals surface area contributed by atoms with Crippen LogP contribution in [-0.4, -0.2) is 30.1 Å². The highest BCUT2D eigenvalue weighted by Crippen LogP contribution is 2.10. The van der Waals surface area contributed by atoms with E-state index in [1.54, 1.807) is 11.3 Å². The molecule has 0 amide bonds. The molecule has 0 radical (unpaired) electrons. The average Bonchev–Trinajstić information content (AvgIpc) is 2.64. The molecule has 0 fully saturated rings. The van der Waals surface area contributed by atoms with Crippen LogP contribution in [0.25, 0.3) is 0 Å². The molecule has 1 aromatic rings. The first-order valence-corrected chi connectivity index (χ1v) is 6.72. The first-order valence-electron chi connectivity index (χ1n) is 5.78. The molecule has 3 nitrogen and oxygen atoms in total. The van der Waals surface area contributed by atoms with Crippen molar-refractivity contribution in [1.82, 2.24) is 4.90 Å². The number of hydrogen-bond donors (Lipinski definition) is 0. The van der Waals surface area contributed by atoms with Gasteiger partial charge in [0.2, 0.25) is 0 Å². The third-order valence-electron chi connectivity index (χ3n) is 2.15. The zero-order valence-electron chi connectivity index (χ0n) is 11.0. The smallest absolute Gasteiger partial charge is 0.307 e. The predicted octanol–water partition coefficient (Wildman–Crippen LogP) is 2.91. The summed E-state index contributed by atoms with van der Waals surface area (Å²) in [6.07, 6.45) is 0.442. The van der Waals surface area contributed by atoms with Crippen molar-refractivity contribution in [3.63, 3.8) is 0 Å². The Morgan fingerprint density at radius 3 is 2.71 bits per heavy atom. The van der Waals surface area contributed by atoms with Gasteiger partial charge in [0, 0.05) is 13.1 Å². The minimum Gasteiger partial charge on any atom is -0.460 e. The summed E-state index contributed by atoms with van der Waals surface area (Å²) in [5.74, 6) is -0.130. The van der Waals surface area contributed by atoms with Crippen molar-refractivity contribution in [3.05, 3.63) is 22.4 Å². The van der Waals surface area contributed by atoms with Gasteiger partial charge in [-0.1, -0.05) is 0 Å². The second kappa shape index (κ2) is 6.17. The topological polar surface area (TPSA) is 29.5 Å². The van der Waals surface area contributed by atoms with Crippen LogP contribution >= 0.6 is 11.3 Å². The van der Waals surface area contributed by atoms with Gasteiger partial charge in [-0.25, -0.2) is 0 Å². The Morgan fingerprint density at radius 1 is 1.47 bits per heavy atom. The summed E-state index contributed by atoms with van der Waals surface area (Å²) in [5.41, 5.74) is 0.907. The first-order chi connectivity index (χ1) is 7.87. The Balaban J connectivity index is 2.24. The Morgan fingerprint density at radius 2 is 2.18 bits per heavy atom. The Labute approximate surface area is 107 Å². The van der Waals surface area contributed by atoms with Crippen LogP contribution in [0.5, 0.6) is 0 Å². The molecule has 0 aliphatic carbocycles. The van der Waals surface area contributed by atoms with E-state index in [2.05, 4.69) is 21.7 Å². The molecule has 0 bridgehead atoms. The molecular formula is C13H21NO2S. The third kappa shape index (κ3) is 6.44. The van der Waals surface area contributed by atoms with Crippen molar-refractivity contribution in [2.45, 2.75) is 39.3 Å². The van der Waals surface area contributed by atoms with Gasteiger partial charge in [-0.15, -0.1) is 0 Å². The number of hydrogen-bond acceptors (Lipinski definition) is 4. The largest absolute Gasteiger partial charge is 0.460 e. The Kier molecular flexibility index (Phi) is 5.15. The fraction of sp³-hybridized carbons (Fsp3) is 0.615. The Hall–Kier alpha value is -0.870. The van der Waals surface area contributed by atoms with E-state index < -0.39 is 0 Å². The van der Waals surface area contributed by atoms with Crippen LogP contribution < -0.4 is 0 Å². The second-order valence-electron chi connectivity index (χ2n) is 5.21. The van der Waals surface area contributed by atoms with E-state index in [4.69, 9.17) is 4.74 Å². The molecule has 0 aromatic carbocycles. The molecule has 0 saturated carbocycles. The second-order valence-corrected chi connectivity index (χ2v) is 5.99. The van der Waals surface area contributed by atoms with Crippen LogP contribution in [0.15, 0.2) is 16.8 Å². The number of rotatable bonds is 5. The van der Waals surface area contributed by atoms with Crippen LogP contribution in [0.2, 0.25) is 0 Å². The average molecular weight is 255 g/mol. The molecule has 1 heterocycles. The number of nitrogens with zero attached hydrogens (tertiary/aromatic N) is 1. The molecule has 0 aliphatic rings. The third-order valence-corrected chi connectivity index (χ3v) is 2.88. The van der Waals surface area contributed by atoms with Crippen LogP contribution in [0.3, 0.4) is 0 Å². The molecule has 4 heteroatoms. The van der Waals surface area contributed by atoms with Gasteiger partial charge in [0.1, 0.15) is 5.60 Å². The van der Waals surface area contributed by atoms with E-state index in [1.807, 2.05) is 27.8 Å². The highest BCUT2D eigenvalue weighted by Gasteiger charge is 2.16. The molecule has 0 aliphatic heterocycles. The van der Waals surface area contributed by atoms with Gasteiger partial charge in [0.25, 0.3) is 0 Å². The van der Waals surface area contributed by atoms with Crippen LogP contribution in [0.4, 0.5) is 0 Å². The molecule has 17 heavy (non-hydrogen) atoms. The minimum absolute atomic E-state index is 0.130. The molecule has 0 atom stereocenters. The summed E-state index contributed by atoms with van der Waals surface area (Å²) in [6.45, 7) is 7.27. The van der Waals surface area contributed by atoms with E-state index in [0.29, 0.717) is 6.42 Å². The number of ether oxygens (including phenoxy) is 1. The highest BCUT2D eigenvalue weighted by molar-refractivity contribution is 7.07. The number of carbonyl (C=O) groups excluding carboxylic acids is 1. The SMILES string of the molecule is CN(CCC(=O)OC(C)(C)C)Cc1ccsc1. The first kappa shape index (κ1) is 14.2. The van der Waals surface area contributed by atoms with Gasteiger partial charge >= 0.3 is 5.97 Å². The molecular weight excluding hydrogens is 234 g/mol. The van der Waals surface area contributed by atoms with Gasteiger partial charge in [-0.2, -0.15) is 11.3 Å². The monoisotopic (exact) mass is 255 g/mol. The summed E-state index contributed by atoms with van der Waals surface area (Å²) in [5, 5.41) is 4.20. The van der Waals surface area contributed by atoms with Crippen molar-refractivity contribution >= 4 is 17.3 Å². The normalized spacial score (nSPS) is 11.8. The molecule has 0 saturated heterocycles. The number of thiophene rings is 1. The molecule has 96 valence electrons. The van der Waals surface area contributed by atoms with Gasteiger partial charge in [-0.3, -0.25) is 4.79 Å². The lowest BCUT2D eigenvalue weighted by Crippen LogP contribution is -2.27. The van der Waals surface area contributed by atoms with Crippen molar-refractivity contribution in [2.75, 3.05) is 13.6 Å². The van der Waals surface area contributed by atoms with Gasteiger partial charge < -0.3 is 9.64 Å². The summed E-state index contributed by atoms with van der Waals surface area (Å²) in [6, 6.07) is 2.11. The van der Waals surface area contributed by atoms with E-state index in [1.165, 1.54) is 5.56 Å². The predicted molar refractivity (Wildman–Crippen MR) is 71.1 cm³/mol. The van der Waals surface area contributed by atoms with Crippen LogP contribution in [-0.2, 0) is 16.1 Å². The van der Waals surface area contributed by atoms with E-state index >= 15 is 0 Å². The minimum atomic E-state index is -0.386. The van der Waals surface area contributed by atoms with Crippen LogP contribution in [0, 0.1) is 0 Å². The van der Waals surface area contributed by atoms with E-state index in [-0.39, 0.29) is 11.6 Å². The maximum atomic E-state index is 11.5. The van der Waals surface area contributed by atoms with Crippen molar-refractivity contribution in [3.8, 4) is 0 Å². The maximum Gasteiger partial charge on any atom is 0.307 e. The van der Waals surface area contributed by atoms with E-state index in [0.717, 1.165) is 13.1 Å².